The van der Waals surface area contributed by atoms with Gasteiger partial charge in [0.2, 0.25) is 5.91 Å². The smallest absolute Gasteiger partial charge is 0.270 e. The number of thioether (sulfide) groups is 1. The first-order valence-corrected chi connectivity index (χ1v) is 11.4. The summed E-state index contributed by atoms with van der Waals surface area (Å²) >= 11 is 8.02. The van der Waals surface area contributed by atoms with E-state index < -0.39 is 11.9 Å². The summed E-state index contributed by atoms with van der Waals surface area (Å²) in [6, 6.07) is 13.8. The zero-order valence-electron chi connectivity index (χ0n) is 16.7. The number of nitrogens with one attached hydrogen (secondary N) is 3. The lowest BCUT2D eigenvalue weighted by Gasteiger charge is -2.18. The third-order valence-corrected chi connectivity index (χ3v) is 5.93. The molecule has 0 aliphatic heterocycles. The first kappa shape index (κ1) is 21.1. The highest BCUT2D eigenvalue weighted by atomic mass is 35.5. The second kappa shape index (κ2) is 9.36. The summed E-state index contributed by atoms with van der Waals surface area (Å²) < 4.78 is 0. The fraction of sp³-hybridized carbons (Fsp3) is 0.182. The minimum atomic E-state index is -0.732. The van der Waals surface area contributed by atoms with E-state index in [0.717, 1.165) is 16.4 Å². The van der Waals surface area contributed by atoms with E-state index in [2.05, 4.69) is 25.8 Å². The molecule has 3 N–H and O–H groups in total. The number of fused-ring (bicyclic) bond motifs is 2. The van der Waals surface area contributed by atoms with Crippen molar-refractivity contribution in [3.05, 3.63) is 65.4 Å². The zero-order valence-corrected chi connectivity index (χ0v) is 18.3. The van der Waals surface area contributed by atoms with Gasteiger partial charge in [0.05, 0.1) is 27.9 Å². The summed E-state index contributed by atoms with van der Waals surface area (Å²) in [6.45, 7) is 0. The van der Waals surface area contributed by atoms with Gasteiger partial charge in [-0.1, -0.05) is 35.9 Å². The number of carbonyl (C=O) groups is 2. The van der Waals surface area contributed by atoms with Crippen molar-refractivity contribution in [3.63, 3.8) is 0 Å². The number of para-hydroxylation sites is 1. The molecule has 9 heteroatoms. The number of H-pyrrole nitrogens is 1. The number of benzene rings is 2. The minimum Gasteiger partial charge on any atom is -0.339 e. The van der Waals surface area contributed by atoms with E-state index in [0.29, 0.717) is 28.3 Å². The average molecular weight is 454 g/mol. The quantitative estimate of drug-likeness (QED) is 0.388. The van der Waals surface area contributed by atoms with Gasteiger partial charge in [-0.2, -0.15) is 16.9 Å². The number of carbonyl (C=O) groups excluding carboxylic acids is 2. The molecule has 2 heterocycles. The van der Waals surface area contributed by atoms with Crippen LogP contribution in [0, 0.1) is 0 Å². The van der Waals surface area contributed by atoms with E-state index in [9.17, 15) is 9.59 Å². The second-order valence-corrected chi connectivity index (χ2v) is 8.31. The topological polar surface area (TPSA) is 99.8 Å². The molecule has 0 fully saturated rings. The van der Waals surface area contributed by atoms with Crippen LogP contribution in [0.1, 0.15) is 16.9 Å². The van der Waals surface area contributed by atoms with Crippen LogP contribution < -0.4 is 10.6 Å². The first-order valence-electron chi connectivity index (χ1n) is 9.65. The van der Waals surface area contributed by atoms with E-state index in [4.69, 9.17) is 11.6 Å². The molecule has 2 aromatic heterocycles. The monoisotopic (exact) mass is 453 g/mol. The lowest BCUT2D eigenvalue weighted by atomic mass is 10.1. The predicted octanol–water partition coefficient (Wildman–Crippen LogP) is 4.25. The summed E-state index contributed by atoms with van der Waals surface area (Å²) in [5.41, 5.74) is 2.23. The summed E-state index contributed by atoms with van der Waals surface area (Å²) in [4.78, 5) is 30.2. The van der Waals surface area contributed by atoms with Gasteiger partial charge in [0.15, 0.2) is 0 Å². The molecule has 2 amide bonds. The van der Waals surface area contributed by atoms with Crippen LogP contribution in [0.4, 0.5) is 5.69 Å². The van der Waals surface area contributed by atoms with Crippen LogP contribution in [0.5, 0.6) is 0 Å². The molecule has 0 aliphatic carbocycles. The number of hydrogen-bond donors (Lipinski definition) is 3. The Bertz CT molecular complexity index is 1260. The van der Waals surface area contributed by atoms with Crippen LogP contribution in [-0.2, 0) is 4.79 Å². The fourth-order valence-electron chi connectivity index (χ4n) is 3.23. The Morgan fingerprint density at radius 1 is 1.16 bits per heavy atom. The molecule has 0 saturated carbocycles. The number of nitrogens with zero attached hydrogens (tertiary/aromatic N) is 2. The Hall–Kier alpha value is -3.10. The van der Waals surface area contributed by atoms with E-state index in [1.807, 2.05) is 36.6 Å². The van der Waals surface area contributed by atoms with Crippen molar-refractivity contribution in [3.8, 4) is 0 Å². The third-order valence-electron chi connectivity index (χ3n) is 4.88. The second-order valence-electron chi connectivity index (χ2n) is 6.94. The molecule has 0 radical (unpaired) electrons. The van der Waals surface area contributed by atoms with Crippen molar-refractivity contribution in [2.75, 3.05) is 17.3 Å². The Labute approximate surface area is 188 Å². The first-order chi connectivity index (χ1) is 15.1. The predicted molar refractivity (Wildman–Crippen MR) is 126 cm³/mol. The molecule has 1 atom stereocenters. The highest BCUT2D eigenvalue weighted by Gasteiger charge is 2.23. The molecular formula is C22H20ClN5O2S. The number of halogens is 1. The number of aromatic amines is 1. The third kappa shape index (κ3) is 4.65. The number of aromatic nitrogens is 3. The van der Waals surface area contributed by atoms with Crippen LogP contribution in [-0.4, -0.2) is 45.0 Å². The lowest BCUT2D eigenvalue weighted by molar-refractivity contribution is -0.118. The average Bonchev–Trinajstić information content (AvgIpc) is 3.27. The van der Waals surface area contributed by atoms with Gasteiger partial charge in [-0.15, -0.1) is 0 Å². The SMILES string of the molecule is CSCCC(NC(=O)c1ccc2ccccc2n1)C(=O)Nc1ccc2[nH]ncc2c1Cl. The maximum atomic E-state index is 13.0. The van der Waals surface area contributed by atoms with Gasteiger partial charge in [0, 0.05) is 10.8 Å². The van der Waals surface area contributed by atoms with E-state index in [1.165, 1.54) is 0 Å². The van der Waals surface area contributed by atoms with E-state index in [1.54, 1.807) is 36.2 Å². The van der Waals surface area contributed by atoms with Crippen molar-refractivity contribution in [2.45, 2.75) is 12.5 Å². The molecule has 158 valence electrons. The van der Waals surface area contributed by atoms with Gasteiger partial charge in [-0.3, -0.25) is 14.7 Å². The van der Waals surface area contributed by atoms with Crippen molar-refractivity contribution >= 4 is 62.7 Å². The largest absolute Gasteiger partial charge is 0.339 e. The molecule has 2 aromatic carbocycles. The maximum absolute atomic E-state index is 13.0. The standard InChI is InChI=1S/C22H20ClN5O2S/c1-31-11-10-19(22(30)26-17-9-8-16-14(20(17)23)12-24-28-16)27-21(29)18-7-6-13-4-2-3-5-15(13)25-18/h2-9,12,19H,10-11H2,1H3,(H,24,28)(H,26,30)(H,27,29). The number of hydrogen-bond acceptors (Lipinski definition) is 5. The molecule has 31 heavy (non-hydrogen) atoms. The Morgan fingerprint density at radius 3 is 2.84 bits per heavy atom. The van der Waals surface area contributed by atoms with E-state index >= 15 is 0 Å². The van der Waals surface area contributed by atoms with Gasteiger partial charge in [-0.05, 0) is 42.7 Å². The molecule has 1 unspecified atom stereocenters. The molecule has 7 nitrogen and oxygen atoms in total. The fourth-order valence-corrected chi connectivity index (χ4v) is 3.96. The highest BCUT2D eigenvalue weighted by Crippen LogP contribution is 2.30. The van der Waals surface area contributed by atoms with Crippen molar-refractivity contribution in [1.82, 2.24) is 20.5 Å². The van der Waals surface area contributed by atoms with Gasteiger partial charge in [0.1, 0.15) is 11.7 Å². The normalized spacial score (nSPS) is 12.1. The molecule has 0 spiro atoms. The summed E-state index contributed by atoms with van der Waals surface area (Å²) in [5, 5.41) is 14.5. The molecular weight excluding hydrogens is 434 g/mol. The van der Waals surface area contributed by atoms with Crippen molar-refractivity contribution < 1.29 is 9.59 Å². The molecule has 0 aliphatic rings. The molecule has 0 saturated heterocycles. The highest BCUT2D eigenvalue weighted by molar-refractivity contribution is 7.98. The Morgan fingerprint density at radius 2 is 2.00 bits per heavy atom. The van der Waals surface area contributed by atoms with Crippen molar-refractivity contribution in [1.29, 1.82) is 0 Å². The summed E-state index contributed by atoms with van der Waals surface area (Å²) in [6.07, 6.45) is 4.02. The Kier molecular flexibility index (Phi) is 6.39. The van der Waals surface area contributed by atoms with Gasteiger partial charge in [-0.25, -0.2) is 4.98 Å². The van der Waals surface area contributed by atoms with Crippen molar-refractivity contribution in [2.24, 2.45) is 0 Å². The van der Waals surface area contributed by atoms with Gasteiger partial charge >= 0.3 is 0 Å². The van der Waals surface area contributed by atoms with Crippen LogP contribution in [0.25, 0.3) is 21.8 Å². The summed E-state index contributed by atoms with van der Waals surface area (Å²) in [7, 11) is 0. The zero-order chi connectivity index (χ0) is 21.8. The minimum absolute atomic E-state index is 0.263. The number of rotatable bonds is 7. The van der Waals surface area contributed by atoms with Crippen LogP contribution in [0.3, 0.4) is 0 Å². The lowest BCUT2D eigenvalue weighted by Crippen LogP contribution is -2.44. The maximum Gasteiger partial charge on any atom is 0.270 e. The number of amides is 2. The molecule has 0 bridgehead atoms. The summed E-state index contributed by atoms with van der Waals surface area (Å²) in [5.74, 6) is -0.0332. The molecule has 4 aromatic rings. The molecule has 4 rings (SSSR count). The van der Waals surface area contributed by atoms with E-state index in [-0.39, 0.29) is 11.6 Å². The Balaban J connectivity index is 1.53. The van der Waals surface area contributed by atoms with Gasteiger partial charge < -0.3 is 10.6 Å². The van der Waals surface area contributed by atoms with Crippen LogP contribution in [0.15, 0.2) is 54.7 Å². The number of pyridine rings is 1. The van der Waals surface area contributed by atoms with Gasteiger partial charge in [0.25, 0.3) is 5.91 Å². The van der Waals surface area contributed by atoms with Crippen LogP contribution >= 0.6 is 23.4 Å². The van der Waals surface area contributed by atoms with Crippen LogP contribution in [0.2, 0.25) is 5.02 Å². The number of anilines is 1.